The fraction of sp³-hybridized carbons (Fsp3) is 0.391. The third-order valence-corrected chi connectivity index (χ3v) is 5.57. The number of urea groups is 1. The fourth-order valence-electron chi connectivity index (χ4n) is 3.63. The van der Waals surface area contributed by atoms with Crippen LogP contribution in [0.25, 0.3) is 0 Å². The van der Waals surface area contributed by atoms with Crippen LogP contribution in [0.3, 0.4) is 0 Å². The van der Waals surface area contributed by atoms with E-state index in [2.05, 4.69) is 36.5 Å². The Balaban J connectivity index is 1.61. The number of nitrogens with one attached hydrogen (secondary N) is 1. The normalized spacial score (nSPS) is 17.7. The largest absolute Gasteiger partial charge is 0.339 e. The van der Waals surface area contributed by atoms with Crippen molar-refractivity contribution in [1.29, 1.82) is 0 Å². The molecule has 2 aromatic rings. The molecule has 2 atom stereocenters. The van der Waals surface area contributed by atoms with E-state index in [1.165, 1.54) is 5.56 Å². The lowest BCUT2D eigenvalue weighted by Crippen LogP contribution is -2.47. The fourth-order valence-corrected chi connectivity index (χ4v) is 3.63. The second kappa shape index (κ2) is 8.91. The number of piperidine rings is 1. The number of anilines is 1. The summed E-state index contributed by atoms with van der Waals surface area (Å²) in [5.74, 6) is -0.0570. The van der Waals surface area contributed by atoms with Gasteiger partial charge >= 0.3 is 6.03 Å². The van der Waals surface area contributed by atoms with Crippen LogP contribution in [0.4, 0.5) is 10.5 Å². The Morgan fingerprint density at radius 2 is 1.79 bits per heavy atom. The molecule has 5 nitrogen and oxygen atoms in total. The summed E-state index contributed by atoms with van der Waals surface area (Å²) in [7, 11) is 1.86. The molecule has 1 fully saturated rings. The van der Waals surface area contributed by atoms with Crippen molar-refractivity contribution >= 4 is 17.6 Å². The molecule has 2 aromatic carbocycles. The molecule has 0 radical (unpaired) electrons. The number of nitrogens with zero attached hydrogens (tertiary/aromatic N) is 2. The summed E-state index contributed by atoms with van der Waals surface area (Å²) in [5, 5.41) is 2.92. The zero-order chi connectivity index (χ0) is 20.1. The first-order chi connectivity index (χ1) is 13.5. The summed E-state index contributed by atoms with van der Waals surface area (Å²) < 4.78 is 0. The molecule has 3 rings (SSSR count). The van der Waals surface area contributed by atoms with Crippen LogP contribution in [-0.2, 0) is 4.79 Å². The first-order valence-electron chi connectivity index (χ1n) is 9.90. The molecule has 1 N–H and O–H groups in total. The average molecular weight is 380 g/mol. The van der Waals surface area contributed by atoms with Gasteiger partial charge in [-0.1, -0.05) is 48.0 Å². The highest BCUT2D eigenvalue weighted by Crippen LogP contribution is 2.25. The van der Waals surface area contributed by atoms with Crippen molar-refractivity contribution in [2.75, 3.05) is 25.5 Å². The average Bonchev–Trinajstić information content (AvgIpc) is 2.73. The van der Waals surface area contributed by atoms with Crippen molar-refractivity contribution in [2.24, 2.45) is 5.92 Å². The molecule has 0 spiro atoms. The van der Waals surface area contributed by atoms with Crippen LogP contribution >= 0.6 is 0 Å². The smallest absolute Gasteiger partial charge is 0.321 e. The Labute approximate surface area is 167 Å². The highest BCUT2D eigenvalue weighted by atomic mass is 16.2. The van der Waals surface area contributed by atoms with Gasteiger partial charge in [-0.25, -0.2) is 4.79 Å². The number of hydrogen-bond donors (Lipinski definition) is 1. The first-order valence-corrected chi connectivity index (χ1v) is 9.90. The summed E-state index contributed by atoms with van der Waals surface area (Å²) in [6, 6.07) is 17.6. The molecule has 3 amide bonds. The van der Waals surface area contributed by atoms with Gasteiger partial charge in [-0.05, 0) is 44.4 Å². The minimum Gasteiger partial charge on any atom is -0.339 e. The number of hydrogen-bond acceptors (Lipinski definition) is 2. The predicted molar refractivity (Wildman–Crippen MR) is 112 cm³/mol. The second-order valence-corrected chi connectivity index (χ2v) is 7.62. The number of likely N-dealkylation sites (tertiary alicyclic amines) is 1. The van der Waals surface area contributed by atoms with Crippen LogP contribution in [0.1, 0.15) is 36.9 Å². The third kappa shape index (κ3) is 4.71. The van der Waals surface area contributed by atoms with Gasteiger partial charge in [-0.15, -0.1) is 0 Å². The van der Waals surface area contributed by atoms with E-state index in [1.807, 2.05) is 49.2 Å². The predicted octanol–water partition coefficient (Wildman–Crippen LogP) is 4.46. The minimum atomic E-state index is -0.159. The lowest BCUT2D eigenvalue weighted by atomic mass is 9.95. The highest BCUT2D eigenvalue weighted by Gasteiger charge is 2.31. The van der Waals surface area contributed by atoms with E-state index in [0.717, 1.165) is 24.1 Å². The molecule has 1 aliphatic heterocycles. The van der Waals surface area contributed by atoms with E-state index < -0.39 is 0 Å². The van der Waals surface area contributed by atoms with Gasteiger partial charge in [0.1, 0.15) is 0 Å². The second-order valence-electron chi connectivity index (χ2n) is 7.62. The molecule has 2 unspecified atom stereocenters. The molecule has 0 aliphatic carbocycles. The van der Waals surface area contributed by atoms with Gasteiger partial charge in [0.15, 0.2) is 0 Å². The van der Waals surface area contributed by atoms with Crippen molar-refractivity contribution in [3.8, 4) is 0 Å². The summed E-state index contributed by atoms with van der Waals surface area (Å²) in [6.07, 6.45) is 1.66. The van der Waals surface area contributed by atoms with Gasteiger partial charge in [0, 0.05) is 25.8 Å². The Morgan fingerprint density at radius 1 is 1.11 bits per heavy atom. The summed E-state index contributed by atoms with van der Waals surface area (Å²) in [6.45, 7) is 5.24. The van der Waals surface area contributed by atoms with E-state index >= 15 is 0 Å². The number of carbonyl (C=O) groups excluding carboxylic acids is 2. The van der Waals surface area contributed by atoms with Crippen LogP contribution in [0, 0.1) is 12.8 Å². The highest BCUT2D eigenvalue weighted by molar-refractivity contribution is 5.90. The molecule has 0 saturated carbocycles. The number of rotatable bonds is 4. The molecule has 1 aliphatic rings. The Bertz CT molecular complexity index is 804. The lowest BCUT2D eigenvalue weighted by Gasteiger charge is -2.35. The molecule has 5 heteroatoms. The minimum absolute atomic E-state index is 0.00150. The first kappa shape index (κ1) is 19.9. The van der Waals surface area contributed by atoms with Crippen LogP contribution in [0.2, 0.25) is 0 Å². The van der Waals surface area contributed by atoms with Crippen molar-refractivity contribution < 1.29 is 9.59 Å². The maximum absolute atomic E-state index is 13.1. The number of para-hydroxylation sites is 1. The molecule has 28 heavy (non-hydrogen) atoms. The van der Waals surface area contributed by atoms with Gasteiger partial charge in [-0.3, -0.25) is 4.79 Å². The lowest BCUT2D eigenvalue weighted by molar-refractivity contribution is -0.137. The van der Waals surface area contributed by atoms with E-state index in [0.29, 0.717) is 13.1 Å². The Kier molecular flexibility index (Phi) is 6.34. The van der Waals surface area contributed by atoms with Crippen LogP contribution in [-0.4, -0.2) is 41.9 Å². The Morgan fingerprint density at radius 3 is 2.46 bits per heavy atom. The van der Waals surface area contributed by atoms with Crippen LogP contribution in [0.15, 0.2) is 54.6 Å². The van der Waals surface area contributed by atoms with Crippen LogP contribution in [0.5, 0.6) is 0 Å². The van der Waals surface area contributed by atoms with Crippen LogP contribution < -0.4 is 5.32 Å². The van der Waals surface area contributed by atoms with Crippen molar-refractivity contribution in [3.05, 3.63) is 65.7 Å². The van der Waals surface area contributed by atoms with Gasteiger partial charge in [0.05, 0.1) is 12.0 Å². The van der Waals surface area contributed by atoms with Gasteiger partial charge in [0.25, 0.3) is 0 Å². The van der Waals surface area contributed by atoms with Gasteiger partial charge in [-0.2, -0.15) is 0 Å². The third-order valence-electron chi connectivity index (χ3n) is 5.57. The zero-order valence-electron chi connectivity index (χ0n) is 16.9. The molecule has 0 bridgehead atoms. The van der Waals surface area contributed by atoms with Crippen molar-refractivity contribution in [2.45, 2.75) is 32.7 Å². The van der Waals surface area contributed by atoms with E-state index in [4.69, 9.17) is 0 Å². The molecule has 1 saturated heterocycles. The number of aryl methyl sites for hydroxylation is 1. The molecular formula is C23H29N3O2. The summed E-state index contributed by atoms with van der Waals surface area (Å²) in [4.78, 5) is 29.2. The van der Waals surface area contributed by atoms with Gasteiger partial charge in [0.2, 0.25) is 5.91 Å². The van der Waals surface area contributed by atoms with E-state index in [9.17, 15) is 9.59 Å². The number of benzene rings is 2. The standard InChI is InChI=1S/C23H29N3O2/c1-17-11-13-19(14-12-17)18(2)25(3)22(27)20-8-7-15-26(16-20)23(28)24-21-9-5-4-6-10-21/h4-6,9-14,18,20H,7-8,15-16H2,1-3H3,(H,24,28). The zero-order valence-corrected chi connectivity index (χ0v) is 16.9. The molecule has 148 valence electrons. The Hall–Kier alpha value is -2.82. The molecular weight excluding hydrogens is 350 g/mol. The maximum Gasteiger partial charge on any atom is 0.321 e. The van der Waals surface area contributed by atoms with E-state index in [-0.39, 0.29) is 23.9 Å². The molecule has 0 aromatic heterocycles. The van der Waals surface area contributed by atoms with E-state index in [1.54, 1.807) is 4.90 Å². The quantitative estimate of drug-likeness (QED) is 0.853. The van der Waals surface area contributed by atoms with Crippen molar-refractivity contribution in [3.63, 3.8) is 0 Å². The number of carbonyl (C=O) groups is 2. The molecule has 1 heterocycles. The summed E-state index contributed by atoms with van der Waals surface area (Å²) in [5.41, 5.74) is 3.10. The monoisotopic (exact) mass is 379 g/mol. The number of amides is 3. The summed E-state index contributed by atoms with van der Waals surface area (Å²) >= 11 is 0. The topological polar surface area (TPSA) is 52.7 Å². The maximum atomic E-state index is 13.1. The van der Waals surface area contributed by atoms with Crippen molar-refractivity contribution in [1.82, 2.24) is 9.80 Å². The van der Waals surface area contributed by atoms with Gasteiger partial charge < -0.3 is 15.1 Å². The SMILES string of the molecule is Cc1ccc(C(C)N(C)C(=O)C2CCCN(C(=O)Nc3ccccc3)C2)cc1.